The molecular weight excluding hydrogens is 469 g/mol. The maximum Gasteiger partial charge on any atom is 0.224 e. The Bertz CT molecular complexity index is 1180. The molecule has 0 aliphatic heterocycles. The quantitative estimate of drug-likeness (QED) is 0.328. The highest BCUT2D eigenvalue weighted by Gasteiger charge is 2.27. The third-order valence-electron chi connectivity index (χ3n) is 4.96. The lowest BCUT2D eigenvalue weighted by atomic mass is 9.84. The fourth-order valence-corrected chi connectivity index (χ4v) is 3.49. The van der Waals surface area contributed by atoms with Gasteiger partial charge in [-0.25, -0.2) is 4.98 Å². The first kappa shape index (κ1) is 21.1. The Labute approximate surface area is 185 Å². The predicted molar refractivity (Wildman–Crippen MR) is 115 cm³/mol. The van der Waals surface area contributed by atoms with Gasteiger partial charge in [-0.3, -0.25) is 9.97 Å². The average Bonchev–Trinajstić information content (AvgIpc) is 2.74. The van der Waals surface area contributed by atoms with Gasteiger partial charge in [-0.15, -0.1) is 0 Å². The van der Waals surface area contributed by atoms with Crippen LogP contribution in [-0.4, -0.2) is 19.9 Å². The lowest BCUT2D eigenvalue weighted by Crippen LogP contribution is -2.22. The van der Waals surface area contributed by atoms with Crippen LogP contribution in [0.1, 0.15) is 25.2 Å². The lowest BCUT2D eigenvalue weighted by Gasteiger charge is -2.24. The van der Waals surface area contributed by atoms with E-state index in [4.69, 9.17) is 0 Å². The fraction of sp³-hybridized carbons (Fsp3) is 0.130. The number of pyridine rings is 4. The lowest BCUT2D eigenvalue weighted by molar-refractivity contribution is 0.514. The van der Waals surface area contributed by atoms with Crippen molar-refractivity contribution in [3.05, 3.63) is 94.5 Å². The normalized spacial score (nSPS) is 11.5. The van der Waals surface area contributed by atoms with Crippen LogP contribution >= 0.6 is 15.9 Å². The summed E-state index contributed by atoms with van der Waals surface area (Å²) in [7, 11) is 0. The molecule has 4 aromatic rings. The van der Waals surface area contributed by atoms with E-state index in [2.05, 4.69) is 35.9 Å². The Morgan fingerprint density at radius 3 is 1.68 bits per heavy atom. The van der Waals surface area contributed by atoms with Gasteiger partial charge in [0, 0.05) is 5.41 Å². The van der Waals surface area contributed by atoms with E-state index in [1.54, 1.807) is 42.5 Å². The summed E-state index contributed by atoms with van der Waals surface area (Å²) in [4.78, 5) is 16.2. The van der Waals surface area contributed by atoms with Crippen molar-refractivity contribution in [2.45, 2.75) is 19.3 Å². The molecular formula is C23H16BrF3N4. The number of hydrogen-bond donors (Lipinski definition) is 0. The third kappa shape index (κ3) is 4.20. The Morgan fingerprint density at radius 2 is 1.16 bits per heavy atom. The minimum atomic E-state index is -0.930. The first-order valence-electron chi connectivity index (χ1n) is 9.35. The topological polar surface area (TPSA) is 51.6 Å². The van der Waals surface area contributed by atoms with Crippen LogP contribution in [0.5, 0.6) is 0 Å². The van der Waals surface area contributed by atoms with E-state index in [0.717, 1.165) is 6.07 Å². The van der Waals surface area contributed by atoms with Crippen LogP contribution in [-0.2, 0) is 5.41 Å². The van der Waals surface area contributed by atoms with Crippen molar-refractivity contribution in [2.24, 2.45) is 0 Å². The molecule has 4 heterocycles. The summed E-state index contributed by atoms with van der Waals surface area (Å²) < 4.78 is 42.0. The molecule has 0 atom stereocenters. The number of nitrogens with zero attached hydrogens (tertiary/aromatic N) is 4. The van der Waals surface area contributed by atoms with Crippen LogP contribution in [0.4, 0.5) is 13.2 Å². The maximum atomic E-state index is 14.3. The summed E-state index contributed by atoms with van der Waals surface area (Å²) in [5.41, 5.74) is 1.73. The third-order valence-corrected chi connectivity index (χ3v) is 5.40. The summed E-state index contributed by atoms with van der Waals surface area (Å²) in [5.74, 6) is -2.45. The number of rotatable bonds is 4. The van der Waals surface area contributed by atoms with Gasteiger partial charge >= 0.3 is 0 Å². The van der Waals surface area contributed by atoms with E-state index >= 15 is 0 Å². The Hall–Kier alpha value is -3.13. The molecule has 8 heteroatoms. The molecule has 0 unspecified atom stereocenters. The molecule has 0 radical (unpaired) electrons. The van der Waals surface area contributed by atoms with Crippen molar-refractivity contribution in [3.8, 4) is 22.5 Å². The molecule has 0 amide bonds. The van der Waals surface area contributed by atoms with Gasteiger partial charge in [-0.05, 0) is 78.3 Å². The number of hydrogen-bond acceptors (Lipinski definition) is 4. The monoisotopic (exact) mass is 484 g/mol. The van der Waals surface area contributed by atoms with Crippen LogP contribution in [0, 0.1) is 17.8 Å². The number of aromatic nitrogens is 4. The van der Waals surface area contributed by atoms with Gasteiger partial charge in [0.25, 0.3) is 0 Å². The highest BCUT2D eigenvalue weighted by atomic mass is 79.9. The van der Waals surface area contributed by atoms with Crippen LogP contribution in [0.2, 0.25) is 0 Å². The highest BCUT2D eigenvalue weighted by molar-refractivity contribution is 9.10. The Morgan fingerprint density at radius 1 is 0.645 bits per heavy atom. The molecule has 0 N–H and O–H groups in total. The Kier molecular flexibility index (Phi) is 5.58. The van der Waals surface area contributed by atoms with E-state index in [0.29, 0.717) is 27.4 Å². The summed E-state index contributed by atoms with van der Waals surface area (Å²) in [6.07, 6.45) is 0. The van der Waals surface area contributed by atoms with E-state index in [-0.39, 0.29) is 11.1 Å². The van der Waals surface area contributed by atoms with Crippen molar-refractivity contribution in [3.63, 3.8) is 0 Å². The molecule has 0 aliphatic carbocycles. The van der Waals surface area contributed by atoms with Crippen molar-refractivity contribution in [1.29, 1.82) is 0 Å². The fourth-order valence-electron chi connectivity index (χ4n) is 3.20. The molecule has 0 saturated carbocycles. The van der Waals surface area contributed by atoms with Crippen LogP contribution in [0.25, 0.3) is 22.5 Å². The summed E-state index contributed by atoms with van der Waals surface area (Å²) in [5, 5.41) is 0. The van der Waals surface area contributed by atoms with Crippen LogP contribution in [0.15, 0.2) is 65.3 Å². The first-order valence-corrected chi connectivity index (χ1v) is 10.1. The highest BCUT2D eigenvalue weighted by Crippen LogP contribution is 2.32. The molecule has 31 heavy (non-hydrogen) atoms. The molecule has 0 fully saturated rings. The summed E-state index contributed by atoms with van der Waals surface area (Å²) in [6.45, 7) is 3.83. The zero-order valence-electron chi connectivity index (χ0n) is 16.6. The van der Waals surface area contributed by atoms with E-state index < -0.39 is 23.3 Å². The number of halogens is 4. The van der Waals surface area contributed by atoms with Gasteiger partial charge in [0.2, 0.25) is 17.8 Å². The van der Waals surface area contributed by atoms with E-state index in [9.17, 15) is 13.2 Å². The van der Waals surface area contributed by atoms with Gasteiger partial charge in [-0.1, -0.05) is 12.1 Å². The second-order valence-corrected chi connectivity index (χ2v) is 8.20. The summed E-state index contributed by atoms with van der Waals surface area (Å²) in [6, 6.07) is 16.1. The molecule has 4 rings (SSSR count). The Balaban J connectivity index is 1.75. The maximum absolute atomic E-state index is 14.3. The zero-order valence-corrected chi connectivity index (χ0v) is 18.2. The predicted octanol–water partition coefficient (Wildman–Crippen LogP) is 6.11. The van der Waals surface area contributed by atoms with Crippen molar-refractivity contribution in [2.75, 3.05) is 0 Å². The van der Waals surface area contributed by atoms with Gasteiger partial charge < -0.3 is 0 Å². The zero-order chi connectivity index (χ0) is 22.2. The first-order chi connectivity index (χ1) is 14.8. The molecule has 0 aliphatic rings. The van der Waals surface area contributed by atoms with Crippen molar-refractivity contribution >= 4 is 15.9 Å². The molecule has 0 saturated heterocycles. The minimum Gasteiger partial charge on any atom is -0.252 e. The van der Waals surface area contributed by atoms with Gasteiger partial charge in [0.1, 0.15) is 4.60 Å². The van der Waals surface area contributed by atoms with E-state index in [1.165, 1.54) is 6.07 Å². The molecule has 0 aromatic carbocycles. The SMILES string of the molecule is CC(C)(c1cccc(-c2ccc(F)nc2F)n1)c1cccc(-c2ccc(Br)nc2F)n1. The van der Waals surface area contributed by atoms with Gasteiger partial charge in [0.05, 0.1) is 33.9 Å². The molecule has 156 valence electrons. The van der Waals surface area contributed by atoms with Crippen LogP contribution in [0.3, 0.4) is 0 Å². The smallest absolute Gasteiger partial charge is 0.224 e. The molecule has 0 bridgehead atoms. The van der Waals surface area contributed by atoms with Gasteiger partial charge in [-0.2, -0.15) is 18.2 Å². The van der Waals surface area contributed by atoms with Crippen LogP contribution < -0.4 is 0 Å². The van der Waals surface area contributed by atoms with E-state index in [1.807, 2.05) is 19.9 Å². The minimum absolute atomic E-state index is 0.101. The molecule has 4 aromatic heterocycles. The second kappa shape index (κ2) is 8.19. The largest absolute Gasteiger partial charge is 0.252 e. The molecule has 0 spiro atoms. The molecule has 4 nitrogen and oxygen atoms in total. The second-order valence-electron chi connectivity index (χ2n) is 7.39. The van der Waals surface area contributed by atoms with Gasteiger partial charge in [0.15, 0.2) is 0 Å². The van der Waals surface area contributed by atoms with Crippen molar-refractivity contribution < 1.29 is 13.2 Å². The standard InChI is InChI=1S/C23H16BrF3N4/c1-23(2,17-7-3-5-15(28-17)13-9-11-19(24)30-21(13)26)18-8-4-6-16(29-18)14-10-12-20(25)31-22(14)27/h3-12H,1-2H3. The van der Waals surface area contributed by atoms with Crippen molar-refractivity contribution in [1.82, 2.24) is 19.9 Å². The summed E-state index contributed by atoms with van der Waals surface area (Å²) >= 11 is 3.15. The average molecular weight is 485 g/mol.